The number of ether oxygens (including phenoxy) is 3. The Balaban J connectivity index is 1.15. The highest BCUT2D eigenvalue weighted by molar-refractivity contribution is 5.37. The molecule has 0 amide bonds. The van der Waals surface area contributed by atoms with E-state index in [9.17, 15) is 4.39 Å². The Morgan fingerprint density at radius 3 is 2.81 bits per heavy atom. The molecule has 1 aromatic heterocycles. The quantitative estimate of drug-likeness (QED) is 0.618. The minimum Gasteiger partial charge on any atom is -0.491 e. The number of methoxy groups -OCH3 is 1. The first-order valence-electron chi connectivity index (χ1n) is 11.0. The molecule has 3 fully saturated rings. The van der Waals surface area contributed by atoms with Gasteiger partial charge in [-0.05, 0) is 56.5 Å². The van der Waals surface area contributed by atoms with Crippen LogP contribution in [0.25, 0.3) is 0 Å². The lowest BCUT2D eigenvalue weighted by Gasteiger charge is -2.46. The molecule has 1 spiro atoms. The summed E-state index contributed by atoms with van der Waals surface area (Å²) >= 11 is 0. The lowest BCUT2D eigenvalue weighted by Crippen LogP contribution is -2.62. The maximum absolute atomic E-state index is 14.0. The van der Waals surface area contributed by atoms with E-state index in [0.717, 1.165) is 63.4 Å². The van der Waals surface area contributed by atoms with Gasteiger partial charge in [0.05, 0.1) is 26.3 Å². The van der Waals surface area contributed by atoms with E-state index in [4.69, 9.17) is 18.6 Å². The Hall–Kier alpha value is -2.23. The number of nitrogens with zero attached hydrogens (tertiary/aromatic N) is 4. The van der Waals surface area contributed by atoms with Gasteiger partial charge in [-0.2, -0.15) is 0 Å². The maximum atomic E-state index is 14.0. The minimum absolute atomic E-state index is 0.0963. The van der Waals surface area contributed by atoms with Crippen molar-refractivity contribution in [3.8, 4) is 5.75 Å². The SMILES string of the molecule is COCCOc1ccc(F)cc1C1CCN(C2COC3(C2)CN(c2nnco2)C3)CC1. The fourth-order valence-corrected chi connectivity index (χ4v) is 5.15. The van der Waals surface area contributed by atoms with Gasteiger partial charge in [0.15, 0.2) is 0 Å². The summed E-state index contributed by atoms with van der Waals surface area (Å²) in [5.74, 6) is 0.867. The van der Waals surface area contributed by atoms with Crippen LogP contribution in [0.5, 0.6) is 5.75 Å². The molecule has 9 heteroatoms. The maximum Gasteiger partial charge on any atom is 0.318 e. The molecule has 4 heterocycles. The van der Waals surface area contributed by atoms with Gasteiger partial charge in [0, 0.05) is 18.7 Å². The fourth-order valence-electron chi connectivity index (χ4n) is 5.15. The molecular formula is C22H29FN4O4. The molecule has 1 unspecified atom stereocenters. The third-order valence-corrected chi connectivity index (χ3v) is 6.77. The molecule has 1 atom stereocenters. The molecule has 0 bridgehead atoms. The van der Waals surface area contributed by atoms with Crippen molar-refractivity contribution in [3.05, 3.63) is 36.0 Å². The van der Waals surface area contributed by atoms with E-state index >= 15 is 0 Å². The van der Waals surface area contributed by atoms with Crippen LogP contribution in [0.2, 0.25) is 0 Å². The zero-order chi connectivity index (χ0) is 21.3. The van der Waals surface area contributed by atoms with Crippen molar-refractivity contribution in [3.63, 3.8) is 0 Å². The van der Waals surface area contributed by atoms with Crippen molar-refractivity contribution in [2.75, 3.05) is 58.0 Å². The number of rotatable bonds is 7. The van der Waals surface area contributed by atoms with Crippen LogP contribution < -0.4 is 9.64 Å². The average molecular weight is 432 g/mol. The zero-order valence-corrected chi connectivity index (χ0v) is 17.8. The first kappa shape index (κ1) is 20.7. The van der Waals surface area contributed by atoms with E-state index in [1.165, 1.54) is 12.5 Å². The van der Waals surface area contributed by atoms with Crippen molar-refractivity contribution < 1.29 is 23.0 Å². The number of halogens is 1. The first-order valence-corrected chi connectivity index (χ1v) is 11.0. The topological polar surface area (TPSA) is 73.1 Å². The third-order valence-electron chi connectivity index (χ3n) is 6.77. The highest BCUT2D eigenvalue weighted by atomic mass is 19.1. The monoisotopic (exact) mass is 432 g/mol. The number of benzene rings is 1. The molecule has 168 valence electrons. The minimum atomic E-state index is -0.210. The molecule has 3 aliphatic heterocycles. The predicted molar refractivity (Wildman–Crippen MR) is 111 cm³/mol. The Morgan fingerprint density at radius 2 is 2.06 bits per heavy atom. The summed E-state index contributed by atoms with van der Waals surface area (Å²) in [6.45, 7) is 5.31. The highest BCUT2D eigenvalue weighted by Gasteiger charge is 2.52. The summed E-state index contributed by atoms with van der Waals surface area (Å²) in [5, 5.41) is 7.72. The molecule has 0 saturated carbocycles. The molecule has 0 radical (unpaired) electrons. The lowest BCUT2D eigenvalue weighted by molar-refractivity contribution is -0.0216. The van der Waals surface area contributed by atoms with Crippen LogP contribution in [0.15, 0.2) is 29.0 Å². The average Bonchev–Trinajstić information content (AvgIpc) is 3.44. The number of hydrogen-bond donors (Lipinski definition) is 0. The number of aromatic nitrogens is 2. The van der Waals surface area contributed by atoms with Crippen LogP contribution in [-0.4, -0.2) is 79.8 Å². The summed E-state index contributed by atoms with van der Waals surface area (Å²) in [6.07, 6.45) is 4.35. The van der Waals surface area contributed by atoms with E-state index in [0.29, 0.717) is 31.2 Å². The van der Waals surface area contributed by atoms with Crippen LogP contribution in [0.4, 0.5) is 10.4 Å². The van der Waals surface area contributed by atoms with Gasteiger partial charge in [0.25, 0.3) is 0 Å². The smallest absolute Gasteiger partial charge is 0.318 e. The molecule has 31 heavy (non-hydrogen) atoms. The van der Waals surface area contributed by atoms with Gasteiger partial charge >= 0.3 is 6.01 Å². The lowest BCUT2D eigenvalue weighted by atomic mass is 9.86. The molecule has 1 aromatic carbocycles. The van der Waals surface area contributed by atoms with Gasteiger partial charge in [-0.3, -0.25) is 4.90 Å². The molecule has 2 aromatic rings. The van der Waals surface area contributed by atoms with Crippen LogP contribution >= 0.6 is 0 Å². The van der Waals surface area contributed by atoms with Crippen molar-refractivity contribution in [2.24, 2.45) is 0 Å². The predicted octanol–water partition coefficient (Wildman–Crippen LogP) is 2.46. The summed E-state index contributed by atoms with van der Waals surface area (Å²) in [4.78, 5) is 4.60. The van der Waals surface area contributed by atoms with E-state index in [2.05, 4.69) is 20.0 Å². The van der Waals surface area contributed by atoms with Gasteiger partial charge in [-0.1, -0.05) is 5.10 Å². The summed E-state index contributed by atoms with van der Waals surface area (Å²) in [7, 11) is 1.65. The molecule has 8 nitrogen and oxygen atoms in total. The van der Waals surface area contributed by atoms with Crippen LogP contribution in [-0.2, 0) is 9.47 Å². The standard InChI is InChI=1S/C22H29FN4O4/c1-28-8-9-29-20-3-2-17(23)10-19(20)16-4-6-26(7-5-16)18-11-22(31-12-18)13-27(14-22)21-25-24-15-30-21/h2-3,10,15-16,18H,4-9,11-14H2,1H3. The summed E-state index contributed by atoms with van der Waals surface area (Å²) in [5.41, 5.74) is 0.880. The number of anilines is 1. The van der Waals surface area contributed by atoms with Crippen LogP contribution in [0.1, 0.15) is 30.7 Å². The Kier molecular flexibility index (Phi) is 5.81. The van der Waals surface area contributed by atoms with Gasteiger partial charge in [0.1, 0.15) is 23.8 Å². The van der Waals surface area contributed by atoms with E-state index in [1.54, 1.807) is 19.2 Å². The van der Waals surface area contributed by atoms with E-state index in [1.807, 2.05) is 0 Å². The Labute approximate surface area is 181 Å². The van der Waals surface area contributed by atoms with E-state index in [-0.39, 0.29) is 11.4 Å². The molecule has 3 aliphatic rings. The summed E-state index contributed by atoms with van der Waals surface area (Å²) in [6, 6.07) is 5.84. The number of hydrogen-bond acceptors (Lipinski definition) is 8. The second kappa shape index (κ2) is 8.72. The van der Waals surface area contributed by atoms with Crippen molar-refractivity contribution in [2.45, 2.75) is 36.8 Å². The Morgan fingerprint density at radius 1 is 1.23 bits per heavy atom. The van der Waals surface area contributed by atoms with Crippen molar-refractivity contribution in [1.29, 1.82) is 0 Å². The van der Waals surface area contributed by atoms with E-state index < -0.39 is 0 Å². The molecule has 0 N–H and O–H groups in total. The largest absolute Gasteiger partial charge is 0.491 e. The third kappa shape index (κ3) is 4.26. The number of likely N-dealkylation sites (tertiary alicyclic amines) is 1. The van der Waals surface area contributed by atoms with Gasteiger partial charge < -0.3 is 23.5 Å². The second-order valence-electron chi connectivity index (χ2n) is 8.76. The molecule has 5 rings (SSSR count). The normalized spacial score (nSPS) is 23.9. The molecule has 3 saturated heterocycles. The van der Waals surface area contributed by atoms with Gasteiger partial charge in [-0.25, -0.2) is 4.39 Å². The van der Waals surface area contributed by atoms with Gasteiger partial charge in [0.2, 0.25) is 6.39 Å². The van der Waals surface area contributed by atoms with Crippen LogP contribution in [0.3, 0.4) is 0 Å². The van der Waals surface area contributed by atoms with Gasteiger partial charge in [-0.15, -0.1) is 5.10 Å². The van der Waals surface area contributed by atoms with Crippen LogP contribution in [0, 0.1) is 5.82 Å². The van der Waals surface area contributed by atoms with Crippen molar-refractivity contribution >= 4 is 6.01 Å². The fraction of sp³-hybridized carbons (Fsp3) is 0.636. The molecular weight excluding hydrogens is 403 g/mol. The first-order chi connectivity index (χ1) is 15.2. The highest BCUT2D eigenvalue weighted by Crippen LogP contribution is 2.41. The number of piperidine rings is 1. The Bertz CT molecular complexity index is 866. The molecule has 0 aliphatic carbocycles. The summed E-state index contributed by atoms with van der Waals surface area (Å²) < 4.78 is 36.4. The second-order valence-corrected chi connectivity index (χ2v) is 8.76. The van der Waals surface area contributed by atoms with Crippen molar-refractivity contribution in [1.82, 2.24) is 15.1 Å². The zero-order valence-electron chi connectivity index (χ0n) is 17.8.